The monoisotopic (exact) mass is 274 g/mol. The zero-order valence-corrected chi connectivity index (χ0v) is 11.2. The number of anilines is 1. The Balaban J connectivity index is 1.77. The summed E-state index contributed by atoms with van der Waals surface area (Å²) in [6.45, 7) is 2.60. The summed E-state index contributed by atoms with van der Waals surface area (Å²) in [5, 5.41) is 0.676. The molecular formula is C14H15ClN4. The molecule has 0 unspecified atom stereocenters. The van der Waals surface area contributed by atoms with Crippen molar-refractivity contribution >= 4 is 17.4 Å². The molecule has 3 rings (SSSR count). The Hall–Kier alpha value is -1.62. The number of rotatable bonds is 3. The molecule has 98 valence electrons. The molecule has 4 nitrogen and oxygen atoms in total. The van der Waals surface area contributed by atoms with Gasteiger partial charge in [0.2, 0.25) is 0 Å². The summed E-state index contributed by atoms with van der Waals surface area (Å²) in [6, 6.07) is 12.1. The Morgan fingerprint density at radius 2 is 1.84 bits per heavy atom. The molecule has 0 bridgehead atoms. The third-order valence-electron chi connectivity index (χ3n) is 3.35. The van der Waals surface area contributed by atoms with Crippen molar-refractivity contribution in [3.63, 3.8) is 0 Å². The number of nitrogens with zero attached hydrogens (tertiary/aromatic N) is 2. The zero-order valence-electron chi connectivity index (χ0n) is 10.4. The summed E-state index contributed by atoms with van der Waals surface area (Å²) in [4.78, 5) is 6.73. The van der Waals surface area contributed by atoms with Crippen molar-refractivity contribution in [2.24, 2.45) is 5.84 Å². The molecule has 0 atom stereocenters. The fraction of sp³-hybridized carbons (Fsp3) is 0.214. The summed E-state index contributed by atoms with van der Waals surface area (Å²) < 4.78 is 0. The number of nitrogens with two attached hydrogens (primary N) is 1. The number of hydrogen-bond acceptors (Lipinski definition) is 4. The van der Waals surface area contributed by atoms with E-state index >= 15 is 0 Å². The summed E-state index contributed by atoms with van der Waals surface area (Å²) in [6.07, 6.45) is 0. The minimum atomic E-state index is 0.635. The van der Waals surface area contributed by atoms with E-state index in [0.717, 1.165) is 25.3 Å². The van der Waals surface area contributed by atoms with E-state index in [1.165, 1.54) is 11.1 Å². The second kappa shape index (κ2) is 5.17. The van der Waals surface area contributed by atoms with Crippen LogP contribution in [0.3, 0.4) is 0 Å². The zero-order chi connectivity index (χ0) is 13.2. The lowest BCUT2D eigenvalue weighted by atomic mass is 10.1. The highest BCUT2D eigenvalue weighted by atomic mass is 35.5. The van der Waals surface area contributed by atoms with Crippen LogP contribution < -0.4 is 11.3 Å². The van der Waals surface area contributed by atoms with Crippen LogP contribution in [-0.2, 0) is 19.6 Å². The number of halogens is 1. The maximum atomic E-state index is 6.19. The quantitative estimate of drug-likeness (QED) is 0.667. The van der Waals surface area contributed by atoms with Gasteiger partial charge in [-0.2, -0.15) is 0 Å². The molecule has 0 saturated carbocycles. The van der Waals surface area contributed by atoms with Gasteiger partial charge >= 0.3 is 0 Å². The highest BCUT2D eigenvalue weighted by molar-refractivity contribution is 6.31. The van der Waals surface area contributed by atoms with Crippen LogP contribution in [0.4, 0.5) is 5.82 Å². The predicted molar refractivity (Wildman–Crippen MR) is 76.5 cm³/mol. The van der Waals surface area contributed by atoms with Gasteiger partial charge in [-0.15, -0.1) is 0 Å². The highest BCUT2D eigenvalue weighted by Gasteiger charge is 2.19. The van der Waals surface area contributed by atoms with Crippen molar-refractivity contribution in [3.05, 3.63) is 58.2 Å². The number of fused-ring (bicyclic) bond motifs is 1. The predicted octanol–water partition coefficient (Wildman–Crippen LogP) is 2.54. The smallest absolute Gasteiger partial charge is 0.140 e. The van der Waals surface area contributed by atoms with Crippen LogP contribution in [0.15, 0.2) is 36.4 Å². The van der Waals surface area contributed by atoms with Gasteiger partial charge in [0.15, 0.2) is 0 Å². The average molecular weight is 275 g/mol. The molecule has 0 fully saturated rings. The molecule has 1 aliphatic heterocycles. The van der Waals surface area contributed by atoms with Gasteiger partial charge < -0.3 is 5.43 Å². The topological polar surface area (TPSA) is 54.2 Å². The SMILES string of the molecule is NNc1ccc(Cl)c(CN2Cc3ccccc3C2)n1. The van der Waals surface area contributed by atoms with Gasteiger partial charge in [-0.25, -0.2) is 10.8 Å². The van der Waals surface area contributed by atoms with Gasteiger partial charge in [-0.1, -0.05) is 35.9 Å². The van der Waals surface area contributed by atoms with Gasteiger partial charge in [-0.05, 0) is 23.3 Å². The highest BCUT2D eigenvalue weighted by Crippen LogP contribution is 2.25. The molecule has 1 aliphatic rings. The molecule has 2 heterocycles. The number of benzene rings is 1. The lowest BCUT2D eigenvalue weighted by Gasteiger charge is -2.15. The molecule has 3 N–H and O–H groups in total. The molecule has 0 saturated heterocycles. The number of pyridine rings is 1. The average Bonchev–Trinajstić information content (AvgIpc) is 2.83. The number of aromatic nitrogens is 1. The number of hydrazine groups is 1. The van der Waals surface area contributed by atoms with Crippen molar-refractivity contribution < 1.29 is 0 Å². The Labute approximate surface area is 117 Å². The number of nitrogen functional groups attached to an aromatic ring is 1. The van der Waals surface area contributed by atoms with Gasteiger partial charge in [-0.3, -0.25) is 4.90 Å². The van der Waals surface area contributed by atoms with E-state index < -0.39 is 0 Å². The lowest BCUT2D eigenvalue weighted by Crippen LogP contribution is -2.18. The number of hydrogen-bond donors (Lipinski definition) is 2. The Bertz CT molecular complexity index is 575. The molecule has 1 aromatic carbocycles. The maximum Gasteiger partial charge on any atom is 0.140 e. The molecule has 0 radical (unpaired) electrons. The van der Waals surface area contributed by atoms with Gasteiger partial charge in [0.05, 0.1) is 10.7 Å². The Kier molecular flexibility index (Phi) is 3.38. The first-order valence-corrected chi connectivity index (χ1v) is 6.55. The largest absolute Gasteiger partial charge is 0.308 e. The summed E-state index contributed by atoms with van der Waals surface area (Å²) in [5.74, 6) is 6.01. The Morgan fingerprint density at radius 1 is 1.16 bits per heavy atom. The van der Waals surface area contributed by atoms with Crippen LogP contribution in [0.2, 0.25) is 5.02 Å². The molecule has 0 spiro atoms. The minimum Gasteiger partial charge on any atom is -0.308 e. The van der Waals surface area contributed by atoms with Crippen LogP contribution in [0.5, 0.6) is 0 Å². The van der Waals surface area contributed by atoms with E-state index in [1.54, 1.807) is 6.07 Å². The van der Waals surface area contributed by atoms with E-state index in [4.69, 9.17) is 17.4 Å². The standard InChI is InChI=1S/C14H15ClN4/c15-12-5-6-14(18-16)17-13(12)9-19-7-10-3-1-2-4-11(10)8-19/h1-6H,7-9,16H2,(H,17,18). The first-order chi connectivity index (χ1) is 9.26. The van der Waals surface area contributed by atoms with E-state index in [2.05, 4.69) is 39.6 Å². The van der Waals surface area contributed by atoms with E-state index in [-0.39, 0.29) is 0 Å². The lowest BCUT2D eigenvalue weighted by molar-refractivity contribution is 0.272. The molecule has 1 aromatic heterocycles. The van der Waals surface area contributed by atoms with Crippen molar-refractivity contribution in [3.8, 4) is 0 Å². The fourth-order valence-corrected chi connectivity index (χ4v) is 2.57. The van der Waals surface area contributed by atoms with Crippen LogP contribution in [0.25, 0.3) is 0 Å². The Morgan fingerprint density at radius 3 is 2.47 bits per heavy atom. The summed E-state index contributed by atoms with van der Waals surface area (Å²) in [7, 11) is 0. The number of nitrogens with one attached hydrogen (secondary N) is 1. The molecule has 0 amide bonds. The summed E-state index contributed by atoms with van der Waals surface area (Å²) >= 11 is 6.19. The van der Waals surface area contributed by atoms with Crippen LogP contribution in [-0.4, -0.2) is 9.88 Å². The van der Waals surface area contributed by atoms with Crippen LogP contribution >= 0.6 is 11.6 Å². The van der Waals surface area contributed by atoms with E-state index in [0.29, 0.717) is 10.8 Å². The molecule has 0 aliphatic carbocycles. The first-order valence-electron chi connectivity index (χ1n) is 6.17. The fourth-order valence-electron chi connectivity index (χ4n) is 2.40. The van der Waals surface area contributed by atoms with E-state index in [9.17, 15) is 0 Å². The first kappa shape index (κ1) is 12.4. The summed E-state index contributed by atoms with van der Waals surface area (Å²) in [5.41, 5.74) is 6.16. The van der Waals surface area contributed by atoms with Gasteiger partial charge in [0.1, 0.15) is 5.82 Å². The maximum absolute atomic E-state index is 6.19. The van der Waals surface area contributed by atoms with E-state index in [1.807, 2.05) is 6.07 Å². The van der Waals surface area contributed by atoms with Gasteiger partial charge in [0.25, 0.3) is 0 Å². The second-order valence-corrected chi connectivity index (χ2v) is 5.09. The van der Waals surface area contributed by atoms with Gasteiger partial charge in [0, 0.05) is 19.6 Å². The molecule has 2 aromatic rings. The third-order valence-corrected chi connectivity index (χ3v) is 3.69. The van der Waals surface area contributed by atoms with Crippen LogP contribution in [0.1, 0.15) is 16.8 Å². The third kappa shape index (κ3) is 2.56. The molecular weight excluding hydrogens is 260 g/mol. The van der Waals surface area contributed by atoms with Crippen molar-refractivity contribution in [2.75, 3.05) is 5.43 Å². The normalized spacial score (nSPS) is 14.4. The van der Waals surface area contributed by atoms with Crippen molar-refractivity contribution in [1.29, 1.82) is 0 Å². The van der Waals surface area contributed by atoms with Crippen molar-refractivity contribution in [1.82, 2.24) is 9.88 Å². The van der Waals surface area contributed by atoms with Crippen molar-refractivity contribution in [2.45, 2.75) is 19.6 Å². The second-order valence-electron chi connectivity index (χ2n) is 4.68. The minimum absolute atomic E-state index is 0.635. The molecule has 19 heavy (non-hydrogen) atoms. The molecule has 5 heteroatoms. The van der Waals surface area contributed by atoms with Crippen LogP contribution in [0, 0.1) is 0 Å².